The number of nitrogens with zero attached hydrogens (tertiary/aromatic N) is 1. The molecule has 0 aromatic rings. The molecule has 1 heterocycles. The van der Waals surface area contributed by atoms with E-state index in [0.717, 1.165) is 23.6 Å². The average Bonchev–Trinajstić information content (AvgIpc) is 2.46. The highest BCUT2D eigenvalue weighted by Gasteiger charge is 2.41. The zero-order chi connectivity index (χ0) is 14.6. The number of hydrogen-bond donors (Lipinski definition) is 1. The second-order valence-electron chi connectivity index (χ2n) is 7.37. The molecule has 1 aliphatic heterocycles. The zero-order valence-corrected chi connectivity index (χ0v) is 14.6. The molecule has 2 nitrogen and oxygen atoms in total. The van der Waals surface area contributed by atoms with E-state index >= 15 is 0 Å². The lowest BCUT2D eigenvalue weighted by Crippen LogP contribution is -2.59. The largest absolute Gasteiger partial charge is 0.329 e. The van der Waals surface area contributed by atoms with E-state index in [2.05, 4.69) is 37.4 Å². The number of rotatable bonds is 5. The van der Waals surface area contributed by atoms with E-state index in [-0.39, 0.29) is 0 Å². The van der Waals surface area contributed by atoms with Crippen molar-refractivity contribution in [3.63, 3.8) is 0 Å². The Kier molecular flexibility index (Phi) is 6.25. The summed E-state index contributed by atoms with van der Waals surface area (Å²) in [6.45, 7) is 10.5. The molecule has 0 aromatic carbocycles. The van der Waals surface area contributed by atoms with Crippen LogP contribution >= 0.6 is 11.8 Å². The van der Waals surface area contributed by atoms with Crippen LogP contribution in [0.4, 0.5) is 0 Å². The van der Waals surface area contributed by atoms with Gasteiger partial charge in [-0.15, -0.1) is 0 Å². The van der Waals surface area contributed by atoms with Gasteiger partial charge in [-0.05, 0) is 37.5 Å². The van der Waals surface area contributed by atoms with E-state index in [1.54, 1.807) is 0 Å². The fourth-order valence-corrected chi connectivity index (χ4v) is 5.51. The Morgan fingerprint density at radius 1 is 1.40 bits per heavy atom. The predicted octanol–water partition coefficient (Wildman–Crippen LogP) is 3.75. The third kappa shape index (κ3) is 3.92. The van der Waals surface area contributed by atoms with Crippen molar-refractivity contribution in [2.75, 3.05) is 25.4 Å². The van der Waals surface area contributed by atoms with Crippen molar-refractivity contribution < 1.29 is 0 Å². The van der Waals surface area contributed by atoms with Crippen LogP contribution in [0.15, 0.2) is 0 Å². The van der Waals surface area contributed by atoms with Gasteiger partial charge in [-0.3, -0.25) is 4.90 Å². The van der Waals surface area contributed by atoms with Crippen LogP contribution < -0.4 is 5.73 Å². The molecule has 0 bridgehead atoms. The maximum absolute atomic E-state index is 6.30. The molecule has 2 rings (SSSR count). The zero-order valence-electron chi connectivity index (χ0n) is 13.7. The summed E-state index contributed by atoms with van der Waals surface area (Å²) in [7, 11) is 0. The summed E-state index contributed by atoms with van der Waals surface area (Å²) in [5.74, 6) is 3.03. The van der Waals surface area contributed by atoms with Crippen LogP contribution in [0, 0.1) is 11.8 Å². The predicted molar refractivity (Wildman–Crippen MR) is 91.3 cm³/mol. The standard InChI is InChI=1S/C17H34N2S/c1-4-16-12-19(8-9-20-16)17(13-18)7-5-6-15(11-17)10-14(2)3/h14-16H,4-13,18H2,1-3H3. The third-order valence-corrected chi connectivity index (χ3v) is 6.74. The van der Waals surface area contributed by atoms with Crippen molar-refractivity contribution in [3.8, 4) is 0 Å². The van der Waals surface area contributed by atoms with Gasteiger partial charge in [0.2, 0.25) is 0 Å². The molecule has 0 aromatic heterocycles. The van der Waals surface area contributed by atoms with E-state index < -0.39 is 0 Å². The fourth-order valence-electron chi connectivity index (χ4n) is 4.33. The molecule has 118 valence electrons. The highest BCUT2D eigenvalue weighted by molar-refractivity contribution is 8.00. The Balaban J connectivity index is 2.03. The highest BCUT2D eigenvalue weighted by atomic mass is 32.2. The van der Waals surface area contributed by atoms with E-state index in [1.807, 2.05) is 0 Å². The van der Waals surface area contributed by atoms with Gasteiger partial charge < -0.3 is 5.73 Å². The summed E-state index contributed by atoms with van der Waals surface area (Å²) in [6.07, 6.45) is 8.19. The lowest BCUT2D eigenvalue weighted by molar-refractivity contribution is 0.0335. The highest BCUT2D eigenvalue weighted by Crippen LogP contribution is 2.40. The molecule has 2 N–H and O–H groups in total. The minimum atomic E-state index is 0.326. The Morgan fingerprint density at radius 3 is 2.85 bits per heavy atom. The van der Waals surface area contributed by atoms with Crippen molar-refractivity contribution in [2.45, 2.75) is 70.1 Å². The van der Waals surface area contributed by atoms with Gasteiger partial charge in [0.05, 0.1) is 0 Å². The van der Waals surface area contributed by atoms with Crippen LogP contribution in [-0.4, -0.2) is 41.1 Å². The third-order valence-electron chi connectivity index (χ3n) is 5.37. The van der Waals surface area contributed by atoms with Gasteiger partial charge in [0, 0.05) is 36.2 Å². The van der Waals surface area contributed by atoms with Crippen molar-refractivity contribution in [3.05, 3.63) is 0 Å². The lowest BCUT2D eigenvalue weighted by atomic mass is 9.72. The molecule has 1 saturated heterocycles. The average molecular weight is 299 g/mol. The molecule has 0 spiro atoms. The van der Waals surface area contributed by atoms with E-state index in [4.69, 9.17) is 5.73 Å². The van der Waals surface area contributed by atoms with E-state index in [1.165, 1.54) is 57.4 Å². The van der Waals surface area contributed by atoms with Crippen LogP contribution in [0.3, 0.4) is 0 Å². The Labute approximate surface area is 130 Å². The summed E-state index contributed by atoms with van der Waals surface area (Å²) in [6, 6.07) is 0. The SMILES string of the molecule is CCC1CN(C2(CN)CCCC(CC(C)C)C2)CCS1. The maximum atomic E-state index is 6.30. The first kappa shape index (κ1) is 16.6. The van der Waals surface area contributed by atoms with Gasteiger partial charge in [-0.25, -0.2) is 0 Å². The normalized spacial score (nSPS) is 36.5. The smallest absolute Gasteiger partial charge is 0.0335 e. The van der Waals surface area contributed by atoms with Gasteiger partial charge in [-0.1, -0.05) is 33.6 Å². The van der Waals surface area contributed by atoms with Crippen LogP contribution in [0.5, 0.6) is 0 Å². The Bertz CT molecular complexity index is 295. The summed E-state index contributed by atoms with van der Waals surface area (Å²) in [5, 5.41) is 0.831. The quantitative estimate of drug-likeness (QED) is 0.838. The van der Waals surface area contributed by atoms with Gasteiger partial charge in [0.25, 0.3) is 0 Å². The van der Waals surface area contributed by atoms with Crippen molar-refractivity contribution in [2.24, 2.45) is 17.6 Å². The fraction of sp³-hybridized carbons (Fsp3) is 1.00. The van der Waals surface area contributed by atoms with Crippen LogP contribution in [0.25, 0.3) is 0 Å². The first-order valence-corrected chi connectivity index (χ1v) is 9.71. The summed E-state index contributed by atoms with van der Waals surface area (Å²) >= 11 is 2.17. The molecule has 1 aliphatic carbocycles. The van der Waals surface area contributed by atoms with Gasteiger partial charge >= 0.3 is 0 Å². The Morgan fingerprint density at radius 2 is 2.20 bits per heavy atom. The van der Waals surface area contributed by atoms with Crippen LogP contribution in [0.2, 0.25) is 0 Å². The summed E-state index contributed by atoms with van der Waals surface area (Å²) < 4.78 is 0. The second kappa shape index (κ2) is 7.51. The summed E-state index contributed by atoms with van der Waals surface area (Å²) in [5.41, 5.74) is 6.63. The monoisotopic (exact) mass is 298 g/mol. The number of hydrogen-bond acceptors (Lipinski definition) is 3. The van der Waals surface area contributed by atoms with E-state index in [9.17, 15) is 0 Å². The maximum Gasteiger partial charge on any atom is 0.0335 e. The molecule has 3 atom stereocenters. The second-order valence-corrected chi connectivity index (χ2v) is 8.78. The van der Waals surface area contributed by atoms with Crippen LogP contribution in [0.1, 0.15) is 59.3 Å². The lowest BCUT2D eigenvalue weighted by Gasteiger charge is -2.51. The van der Waals surface area contributed by atoms with Crippen molar-refractivity contribution in [1.82, 2.24) is 4.90 Å². The molecule has 3 unspecified atom stereocenters. The molecule has 3 heteroatoms. The van der Waals surface area contributed by atoms with Crippen LogP contribution in [-0.2, 0) is 0 Å². The molecular formula is C17H34N2S. The first-order chi connectivity index (χ1) is 9.59. The number of thioether (sulfide) groups is 1. The minimum absolute atomic E-state index is 0.326. The van der Waals surface area contributed by atoms with Crippen molar-refractivity contribution >= 4 is 11.8 Å². The van der Waals surface area contributed by atoms with Crippen molar-refractivity contribution in [1.29, 1.82) is 0 Å². The molecule has 0 radical (unpaired) electrons. The van der Waals surface area contributed by atoms with Gasteiger partial charge in [0.1, 0.15) is 0 Å². The molecule has 20 heavy (non-hydrogen) atoms. The van der Waals surface area contributed by atoms with E-state index in [0.29, 0.717) is 5.54 Å². The first-order valence-electron chi connectivity index (χ1n) is 8.66. The minimum Gasteiger partial charge on any atom is -0.329 e. The van der Waals surface area contributed by atoms with Gasteiger partial charge in [0.15, 0.2) is 0 Å². The summed E-state index contributed by atoms with van der Waals surface area (Å²) in [4.78, 5) is 2.78. The number of nitrogens with two attached hydrogens (primary N) is 1. The topological polar surface area (TPSA) is 29.3 Å². The van der Waals surface area contributed by atoms with Gasteiger partial charge in [-0.2, -0.15) is 11.8 Å². The molecular weight excluding hydrogens is 264 g/mol. The Hall–Kier alpha value is 0.270. The molecule has 0 amide bonds. The molecule has 2 aliphatic rings. The molecule has 2 fully saturated rings. The molecule has 1 saturated carbocycles.